The number of carbonyl (C=O) groups is 4. The van der Waals surface area contributed by atoms with Crippen molar-refractivity contribution in [3.63, 3.8) is 0 Å². The summed E-state index contributed by atoms with van der Waals surface area (Å²) in [6.45, 7) is 2.37. The summed E-state index contributed by atoms with van der Waals surface area (Å²) in [5, 5.41) is 4.26. The van der Waals surface area contributed by atoms with Crippen molar-refractivity contribution in [2.45, 2.75) is 19.4 Å². The summed E-state index contributed by atoms with van der Waals surface area (Å²) in [4.78, 5) is 49.1. The molecule has 0 saturated carbocycles. The van der Waals surface area contributed by atoms with Gasteiger partial charge >= 0.3 is 12.0 Å². The van der Waals surface area contributed by atoms with Crippen LogP contribution in [0.25, 0.3) is 0 Å². The van der Waals surface area contributed by atoms with Gasteiger partial charge in [0.2, 0.25) is 5.91 Å². The van der Waals surface area contributed by atoms with Crippen LogP contribution in [0.5, 0.6) is 11.5 Å². The van der Waals surface area contributed by atoms with E-state index in [1.54, 1.807) is 18.2 Å². The van der Waals surface area contributed by atoms with E-state index < -0.39 is 29.9 Å². The number of rotatable bonds is 4. The van der Waals surface area contributed by atoms with E-state index in [0.717, 1.165) is 0 Å². The zero-order valence-corrected chi connectivity index (χ0v) is 15.5. The zero-order chi connectivity index (χ0) is 20.3. The Bertz CT molecular complexity index is 810. The second kappa shape index (κ2) is 8.15. The number of ether oxygens (including phenoxy) is 3. The van der Waals surface area contributed by atoms with Gasteiger partial charge in [0.05, 0.1) is 5.92 Å². The molecule has 2 aliphatic heterocycles. The Morgan fingerprint density at radius 1 is 1.21 bits per heavy atom. The van der Waals surface area contributed by atoms with E-state index in [0.29, 0.717) is 30.4 Å². The summed E-state index contributed by atoms with van der Waals surface area (Å²) < 4.78 is 16.1. The summed E-state index contributed by atoms with van der Waals surface area (Å²) in [5.74, 6) is -1.22. The molecule has 1 aromatic rings. The smallest absolute Gasteiger partial charge is 0.321 e. The summed E-state index contributed by atoms with van der Waals surface area (Å²) >= 11 is 0. The predicted molar refractivity (Wildman–Crippen MR) is 96.0 cm³/mol. The first-order chi connectivity index (χ1) is 13.4. The number of urea groups is 1. The molecule has 0 aromatic heterocycles. The van der Waals surface area contributed by atoms with Crippen LogP contribution < -0.4 is 25.0 Å². The number of nitrogens with zero attached hydrogens (tertiary/aromatic N) is 1. The number of amides is 4. The molecule has 0 spiro atoms. The highest BCUT2D eigenvalue weighted by molar-refractivity contribution is 6.00. The number of esters is 1. The molecule has 28 heavy (non-hydrogen) atoms. The molecule has 2 atom stereocenters. The lowest BCUT2D eigenvalue weighted by Gasteiger charge is -2.22. The van der Waals surface area contributed by atoms with Crippen molar-refractivity contribution in [2.24, 2.45) is 5.92 Å². The average Bonchev–Trinajstić information content (AvgIpc) is 3.09. The van der Waals surface area contributed by atoms with Crippen LogP contribution in [0.1, 0.15) is 13.3 Å². The minimum atomic E-state index is -1.16. The highest BCUT2D eigenvalue weighted by Crippen LogP contribution is 2.36. The van der Waals surface area contributed by atoms with Crippen molar-refractivity contribution < 1.29 is 33.4 Å². The predicted octanol–water partition coefficient (Wildman–Crippen LogP) is 0.198. The van der Waals surface area contributed by atoms with E-state index in [-0.39, 0.29) is 18.9 Å². The van der Waals surface area contributed by atoms with E-state index in [9.17, 15) is 19.2 Å². The molecule has 0 bridgehead atoms. The minimum Gasteiger partial charge on any atom is -0.486 e. The molecule has 0 aliphatic carbocycles. The SMILES string of the molecule is CNC(=O)NC(=O)[C@H](C)OC(=O)[C@H]1CC(=O)N(c2ccc3c(c2)OCCO3)C1. The van der Waals surface area contributed by atoms with Gasteiger partial charge in [-0.05, 0) is 19.1 Å². The average molecular weight is 391 g/mol. The van der Waals surface area contributed by atoms with Crippen molar-refractivity contribution in [1.29, 1.82) is 0 Å². The third kappa shape index (κ3) is 4.16. The normalized spacial score (nSPS) is 19.0. The molecule has 1 aromatic carbocycles. The standard InChI is InChI=1S/C18H21N3O7/c1-10(16(23)20-18(25)19-2)28-17(24)11-7-15(22)21(9-11)12-3-4-13-14(8-12)27-6-5-26-13/h3-4,8,10-11H,5-7,9H2,1-2H3,(H2,19,20,23,25)/t10-,11-/m0/s1. The topological polar surface area (TPSA) is 123 Å². The van der Waals surface area contributed by atoms with E-state index >= 15 is 0 Å². The second-order valence-corrected chi connectivity index (χ2v) is 6.38. The second-order valence-electron chi connectivity index (χ2n) is 6.38. The maximum absolute atomic E-state index is 12.4. The lowest BCUT2D eigenvalue weighted by Crippen LogP contribution is -2.44. The van der Waals surface area contributed by atoms with Crippen molar-refractivity contribution in [3.05, 3.63) is 18.2 Å². The highest BCUT2D eigenvalue weighted by Gasteiger charge is 2.37. The first kappa shape index (κ1) is 19.5. The Morgan fingerprint density at radius 3 is 2.64 bits per heavy atom. The molecule has 1 fully saturated rings. The number of fused-ring (bicyclic) bond motifs is 1. The summed E-state index contributed by atoms with van der Waals surface area (Å²) in [5.41, 5.74) is 0.593. The van der Waals surface area contributed by atoms with Gasteiger partial charge in [-0.2, -0.15) is 0 Å². The number of anilines is 1. The lowest BCUT2D eigenvalue weighted by molar-refractivity contribution is -0.158. The van der Waals surface area contributed by atoms with Gasteiger partial charge in [-0.15, -0.1) is 0 Å². The first-order valence-corrected chi connectivity index (χ1v) is 8.82. The summed E-state index contributed by atoms with van der Waals surface area (Å²) in [6, 6.07) is 4.43. The van der Waals surface area contributed by atoms with E-state index in [1.165, 1.54) is 18.9 Å². The van der Waals surface area contributed by atoms with Gasteiger partial charge in [-0.1, -0.05) is 0 Å². The molecule has 2 heterocycles. The van der Waals surface area contributed by atoms with Crippen molar-refractivity contribution in [2.75, 3.05) is 31.7 Å². The van der Waals surface area contributed by atoms with Gasteiger partial charge in [0, 0.05) is 31.8 Å². The number of nitrogens with one attached hydrogen (secondary N) is 2. The van der Waals surface area contributed by atoms with Gasteiger partial charge < -0.3 is 24.4 Å². The van der Waals surface area contributed by atoms with Crippen LogP contribution in [0.4, 0.5) is 10.5 Å². The Labute approximate surface area is 161 Å². The van der Waals surface area contributed by atoms with Crippen molar-refractivity contribution in [3.8, 4) is 11.5 Å². The first-order valence-electron chi connectivity index (χ1n) is 8.82. The fourth-order valence-electron chi connectivity index (χ4n) is 2.91. The lowest BCUT2D eigenvalue weighted by atomic mass is 10.1. The number of imide groups is 1. The molecule has 10 heteroatoms. The maximum Gasteiger partial charge on any atom is 0.321 e. The van der Waals surface area contributed by atoms with Gasteiger partial charge in [0.15, 0.2) is 17.6 Å². The van der Waals surface area contributed by atoms with Crippen LogP contribution in [-0.4, -0.2) is 56.7 Å². The monoisotopic (exact) mass is 391 g/mol. The zero-order valence-electron chi connectivity index (χ0n) is 15.5. The van der Waals surface area contributed by atoms with Crippen LogP contribution in [0.2, 0.25) is 0 Å². The number of hydrogen-bond acceptors (Lipinski definition) is 7. The molecular weight excluding hydrogens is 370 g/mol. The molecule has 0 radical (unpaired) electrons. The number of carbonyl (C=O) groups excluding carboxylic acids is 4. The van der Waals surface area contributed by atoms with E-state index in [1.807, 2.05) is 5.32 Å². The minimum absolute atomic E-state index is 0.0307. The Hall–Kier alpha value is -3.30. The van der Waals surface area contributed by atoms with E-state index in [2.05, 4.69) is 5.32 Å². The van der Waals surface area contributed by atoms with Gasteiger partial charge in [-0.3, -0.25) is 19.7 Å². The molecular formula is C18H21N3O7. The largest absolute Gasteiger partial charge is 0.486 e. The third-order valence-corrected chi connectivity index (χ3v) is 4.42. The Kier molecular flexibility index (Phi) is 5.67. The summed E-state index contributed by atoms with van der Waals surface area (Å²) in [6.07, 6.45) is -1.19. The molecule has 0 unspecified atom stereocenters. The van der Waals surface area contributed by atoms with Gasteiger partial charge in [0.25, 0.3) is 5.91 Å². The fraction of sp³-hybridized carbons (Fsp3) is 0.444. The maximum atomic E-state index is 12.4. The van der Waals surface area contributed by atoms with Crippen LogP contribution in [0.3, 0.4) is 0 Å². The number of hydrogen-bond donors (Lipinski definition) is 2. The quantitative estimate of drug-likeness (QED) is 0.703. The molecule has 4 amide bonds. The van der Waals surface area contributed by atoms with Crippen LogP contribution in [-0.2, 0) is 19.1 Å². The molecule has 3 rings (SSSR count). The molecule has 150 valence electrons. The molecule has 2 aliphatic rings. The van der Waals surface area contributed by atoms with Crippen LogP contribution in [0, 0.1) is 5.92 Å². The van der Waals surface area contributed by atoms with Crippen LogP contribution >= 0.6 is 0 Å². The van der Waals surface area contributed by atoms with Crippen LogP contribution in [0.15, 0.2) is 18.2 Å². The Morgan fingerprint density at radius 2 is 1.93 bits per heavy atom. The van der Waals surface area contributed by atoms with Gasteiger partial charge in [0.1, 0.15) is 13.2 Å². The highest BCUT2D eigenvalue weighted by atomic mass is 16.6. The van der Waals surface area contributed by atoms with Crippen molar-refractivity contribution in [1.82, 2.24) is 10.6 Å². The fourth-order valence-corrected chi connectivity index (χ4v) is 2.91. The summed E-state index contributed by atoms with van der Waals surface area (Å²) in [7, 11) is 1.36. The van der Waals surface area contributed by atoms with Gasteiger partial charge in [-0.25, -0.2) is 4.79 Å². The molecule has 10 nitrogen and oxygen atoms in total. The van der Waals surface area contributed by atoms with Crippen molar-refractivity contribution >= 4 is 29.5 Å². The third-order valence-electron chi connectivity index (χ3n) is 4.42. The molecule has 1 saturated heterocycles. The Balaban J connectivity index is 1.61. The number of benzene rings is 1. The molecule has 2 N–H and O–H groups in total. The van der Waals surface area contributed by atoms with E-state index in [4.69, 9.17) is 14.2 Å².